The van der Waals surface area contributed by atoms with Crippen LogP contribution >= 0.6 is 0 Å². The van der Waals surface area contributed by atoms with Crippen molar-refractivity contribution in [3.63, 3.8) is 0 Å². The van der Waals surface area contributed by atoms with Crippen molar-refractivity contribution in [2.24, 2.45) is 5.92 Å². The van der Waals surface area contributed by atoms with Gasteiger partial charge in [-0.15, -0.1) is 10.2 Å². The average Bonchev–Trinajstić information content (AvgIpc) is 3.87. The highest BCUT2D eigenvalue weighted by Crippen LogP contribution is 2.38. The van der Waals surface area contributed by atoms with Crippen molar-refractivity contribution >= 4 is 40.6 Å². The molecule has 3 aromatic heterocycles. The number of hydrogen-bond donors (Lipinski definition) is 1. The average molecular weight is 736 g/mol. The standard InChI is InChI=1S/C35H39F2N9O7/c1-44(32-24-17-45(35(49)51-3)10-6-27(24)46(43-32)21-8-12-52-13-9-21)28-15-22(30(36)37)23(16-38-28)19-4-5-25-26(14-19)39-31(42-41-25)33(47)40-29(34(48)50-2)20-7-11-53-18-20/h4-5,14-16,20-21,29-30H,6-13,17-18H2,1-3H3,(H,40,47)/t20-,29?/m1/s1. The number of amides is 2. The third-order valence-electron chi connectivity index (χ3n) is 10.00. The van der Waals surface area contributed by atoms with Gasteiger partial charge in [0.15, 0.2) is 5.82 Å². The van der Waals surface area contributed by atoms with E-state index in [1.165, 1.54) is 32.5 Å². The van der Waals surface area contributed by atoms with Gasteiger partial charge in [0.25, 0.3) is 12.3 Å². The smallest absolute Gasteiger partial charge is 0.409 e. The second-order valence-electron chi connectivity index (χ2n) is 13.1. The first kappa shape index (κ1) is 36.0. The lowest BCUT2D eigenvalue weighted by Gasteiger charge is -2.29. The SMILES string of the molecule is COC(=O)C(NC(=O)c1nnc2ccc(-c3cnc(N(C)c4nn(C5CCOCC5)c5c4CN(C(=O)OC)CC5)cc3C(F)F)cc2n1)[C@@H]1CCOC1. The summed E-state index contributed by atoms with van der Waals surface area (Å²) in [6.45, 7) is 2.66. The van der Waals surface area contributed by atoms with E-state index < -0.39 is 30.4 Å². The Kier molecular flexibility index (Phi) is 10.4. The fourth-order valence-electron chi connectivity index (χ4n) is 7.10. The van der Waals surface area contributed by atoms with Crippen LogP contribution in [0.2, 0.25) is 0 Å². The van der Waals surface area contributed by atoms with E-state index in [9.17, 15) is 23.2 Å². The van der Waals surface area contributed by atoms with Gasteiger partial charge in [-0.3, -0.25) is 9.48 Å². The lowest BCUT2D eigenvalue weighted by molar-refractivity contribution is -0.144. The summed E-state index contributed by atoms with van der Waals surface area (Å²) in [5, 5.41) is 15.6. The molecule has 280 valence electrons. The van der Waals surface area contributed by atoms with Crippen LogP contribution in [-0.4, -0.2) is 113 Å². The summed E-state index contributed by atoms with van der Waals surface area (Å²) in [6.07, 6.45) is 0.709. The molecule has 18 heteroatoms. The van der Waals surface area contributed by atoms with Crippen LogP contribution in [0.3, 0.4) is 0 Å². The molecule has 53 heavy (non-hydrogen) atoms. The van der Waals surface area contributed by atoms with Crippen molar-refractivity contribution in [2.75, 3.05) is 59.1 Å². The third kappa shape index (κ3) is 7.20. The first-order valence-corrected chi connectivity index (χ1v) is 17.3. The Labute approximate surface area is 302 Å². The normalized spacial score (nSPS) is 18.2. The second kappa shape index (κ2) is 15.3. The van der Waals surface area contributed by atoms with Gasteiger partial charge in [0.05, 0.1) is 38.9 Å². The van der Waals surface area contributed by atoms with Crippen LogP contribution in [0.4, 0.5) is 25.2 Å². The molecule has 3 aliphatic rings. The predicted octanol–water partition coefficient (Wildman–Crippen LogP) is 3.77. The molecular formula is C35H39F2N9O7. The molecule has 16 nitrogen and oxygen atoms in total. The van der Waals surface area contributed by atoms with Gasteiger partial charge < -0.3 is 34.1 Å². The molecule has 0 saturated carbocycles. The van der Waals surface area contributed by atoms with E-state index in [-0.39, 0.29) is 53.4 Å². The molecule has 0 radical (unpaired) electrons. The van der Waals surface area contributed by atoms with Gasteiger partial charge in [-0.1, -0.05) is 6.07 Å². The van der Waals surface area contributed by atoms with Crippen LogP contribution in [0.1, 0.15) is 59.2 Å². The molecule has 6 heterocycles. The zero-order valence-electron chi connectivity index (χ0n) is 29.5. The number of anilines is 2. The monoisotopic (exact) mass is 735 g/mol. The molecule has 0 bridgehead atoms. The predicted molar refractivity (Wildman–Crippen MR) is 184 cm³/mol. The Morgan fingerprint density at radius 1 is 1.02 bits per heavy atom. The maximum atomic E-state index is 14.8. The van der Waals surface area contributed by atoms with Crippen molar-refractivity contribution in [2.45, 2.75) is 50.7 Å². The van der Waals surface area contributed by atoms with Crippen LogP contribution in [0.15, 0.2) is 30.5 Å². The van der Waals surface area contributed by atoms with E-state index in [0.717, 1.165) is 24.1 Å². The Morgan fingerprint density at radius 3 is 2.53 bits per heavy atom. The summed E-state index contributed by atoms with van der Waals surface area (Å²) < 4.78 is 52.4. The fraction of sp³-hybridized carbons (Fsp3) is 0.486. The van der Waals surface area contributed by atoms with Gasteiger partial charge in [0.1, 0.15) is 17.4 Å². The number of ether oxygens (including phenoxy) is 4. The highest BCUT2D eigenvalue weighted by molar-refractivity contribution is 5.95. The zero-order chi connectivity index (χ0) is 37.2. The molecule has 0 aliphatic carbocycles. The first-order chi connectivity index (χ1) is 25.7. The van der Waals surface area contributed by atoms with E-state index in [1.807, 2.05) is 4.68 Å². The molecule has 7 rings (SSSR count). The maximum absolute atomic E-state index is 14.8. The van der Waals surface area contributed by atoms with Gasteiger partial charge >= 0.3 is 12.1 Å². The molecule has 4 aromatic rings. The quantitative estimate of drug-likeness (QED) is 0.246. The number of rotatable bonds is 9. The number of methoxy groups -OCH3 is 2. The Hall–Kier alpha value is -5.36. The van der Waals surface area contributed by atoms with Crippen molar-refractivity contribution < 1.29 is 42.1 Å². The Balaban J connectivity index is 1.19. The lowest BCUT2D eigenvalue weighted by Crippen LogP contribution is -2.47. The minimum absolute atomic E-state index is 0.102. The Morgan fingerprint density at radius 2 is 1.81 bits per heavy atom. The van der Waals surface area contributed by atoms with Gasteiger partial charge in [-0.25, -0.2) is 28.3 Å². The molecule has 2 atom stereocenters. The summed E-state index contributed by atoms with van der Waals surface area (Å²) >= 11 is 0. The van der Waals surface area contributed by atoms with Crippen molar-refractivity contribution in [1.29, 1.82) is 0 Å². The number of benzene rings is 1. The van der Waals surface area contributed by atoms with Crippen molar-refractivity contribution in [3.8, 4) is 11.1 Å². The second-order valence-corrected chi connectivity index (χ2v) is 13.1. The van der Waals surface area contributed by atoms with Crippen molar-refractivity contribution in [1.82, 2.24) is 40.2 Å². The number of hydrogen-bond acceptors (Lipinski definition) is 13. The number of carbonyl (C=O) groups excluding carboxylic acids is 3. The minimum Gasteiger partial charge on any atom is -0.467 e. The number of nitrogens with zero attached hydrogens (tertiary/aromatic N) is 8. The molecule has 2 saturated heterocycles. The summed E-state index contributed by atoms with van der Waals surface area (Å²) in [5.41, 5.74) is 2.58. The number of carbonyl (C=O) groups is 3. The van der Waals surface area contributed by atoms with E-state index in [1.54, 1.807) is 29.0 Å². The first-order valence-electron chi connectivity index (χ1n) is 17.3. The molecule has 3 aliphatic heterocycles. The molecule has 1 N–H and O–H groups in total. The number of nitrogens with one attached hydrogen (secondary N) is 1. The number of esters is 1. The molecule has 0 spiro atoms. The topological polar surface area (TPSA) is 176 Å². The summed E-state index contributed by atoms with van der Waals surface area (Å²) in [5.74, 6) is -1.21. The van der Waals surface area contributed by atoms with Gasteiger partial charge in [0.2, 0.25) is 5.82 Å². The number of alkyl halides is 2. The lowest BCUT2D eigenvalue weighted by atomic mass is 9.99. The van der Waals surface area contributed by atoms with Crippen LogP contribution in [0.5, 0.6) is 0 Å². The molecule has 2 amide bonds. The minimum atomic E-state index is -2.88. The molecule has 2 fully saturated rings. The highest BCUT2D eigenvalue weighted by Gasteiger charge is 2.35. The highest BCUT2D eigenvalue weighted by atomic mass is 19.3. The number of fused-ring (bicyclic) bond motifs is 2. The van der Waals surface area contributed by atoms with Crippen LogP contribution < -0.4 is 10.2 Å². The van der Waals surface area contributed by atoms with Crippen LogP contribution in [0.25, 0.3) is 22.2 Å². The number of halogens is 2. The van der Waals surface area contributed by atoms with Crippen molar-refractivity contribution in [3.05, 3.63) is 53.1 Å². The third-order valence-corrected chi connectivity index (χ3v) is 10.00. The summed E-state index contributed by atoms with van der Waals surface area (Å²) in [7, 11) is 4.27. The largest absolute Gasteiger partial charge is 0.467 e. The van der Waals surface area contributed by atoms with E-state index in [4.69, 9.17) is 24.0 Å². The van der Waals surface area contributed by atoms with Crippen LogP contribution in [-0.2, 0) is 36.7 Å². The van der Waals surface area contributed by atoms with E-state index >= 15 is 0 Å². The van der Waals surface area contributed by atoms with Gasteiger partial charge in [0, 0.05) is 74.3 Å². The molecule has 1 aromatic carbocycles. The van der Waals surface area contributed by atoms with Gasteiger partial charge in [-0.2, -0.15) is 5.10 Å². The Bertz CT molecular complexity index is 2020. The number of pyridine rings is 1. The van der Waals surface area contributed by atoms with E-state index in [2.05, 4.69) is 25.5 Å². The van der Waals surface area contributed by atoms with E-state index in [0.29, 0.717) is 56.1 Å². The van der Waals surface area contributed by atoms with Crippen LogP contribution in [0, 0.1) is 5.92 Å². The molecular weight excluding hydrogens is 696 g/mol. The van der Waals surface area contributed by atoms with Gasteiger partial charge in [-0.05, 0) is 43.0 Å². The fourth-order valence-corrected chi connectivity index (χ4v) is 7.10. The molecule has 1 unspecified atom stereocenters. The number of aromatic nitrogens is 6. The summed E-state index contributed by atoms with van der Waals surface area (Å²) in [6, 6.07) is 5.16. The summed E-state index contributed by atoms with van der Waals surface area (Å²) in [4.78, 5) is 50.3. The zero-order valence-corrected chi connectivity index (χ0v) is 29.5. The maximum Gasteiger partial charge on any atom is 0.409 e.